The van der Waals surface area contributed by atoms with Crippen LogP contribution in [0.2, 0.25) is 0 Å². The topological polar surface area (TPSA) is 116 Å². The molecule has 1 aromatic heterocycles. The van der Waals surface area contributed by atoms with Crippen LogP contribution in [-0.2, 0) is 32.7 Å². The third kappa shape index (κ3) is 4.59. The Morgan fingerprint density at radius 2 is 2.04 bits per heavy atom. The molecular weight excluding hydrogens is 334 g/mol. The quantitative estimate of drug-likeness (QED) is 0.687. The molecule has 2 aromatic rings. The molecule has 1 aromatic carbocycles. The minimum Gasteiger partial charge on any atom is -0.456 e. The van der Waals surface area contributed by atoms with Crippen LogP contribution in [0.5, 0.6) is 0 Å². The molecule has 9 nitrogen and oxygen atoms in total. The van der Waals surface area contributed by atoms with Crippen molar-refractivity contribution in [3.63, 3.8) is 0 Å². The number of nitrogens with one attached hydrogen (secondary N) is 1. The summed E-state index contributed by atoms with van der Waals surface area (Å²) in [6, 6.07) is 6.76. The number of esters is 1. The molecule has 0 bridgehead atoms. The largest absolute Gasteiger partial charge is 0.456 e. The fourth-order valence-corrected chi connectivity index (χ4v) is 3.13. The van der Waals surface area contributed by atoms with Gasteiger partial charge < -0.3 is 4.74 Å². The Morgan fingerprint density at radius 1 is 1.33 bits per heavy atom. The maximum absolute atomic E-state index is 12.2. The second kappa shape index (κ2) is 7.97. The molecule has 0 spiro atoms. The van der Waals surface area contributed by atoms with Gasteiger partial charge in [-0.15, -0.1) is 5.10 Å². The molecule has 1 N–H and O–H groups in total. The van der Waals surface area contributed by atoms with Crippen molar-refractivity contribution in [2.24, 2.45) is 0 Å². The number of sulfonamides is 1. The SMILES string of the molecule is CCCn1nnnc1COC(=O)[C@H](C)NS(=O)(=O)c1ccccc1. The summed E-state index contributed by atoms with van der Waals surface area (Å²) >= 11 is 0. The summed E-state index contributed by atoms with van der Waals surface area (Å²) < 4.78 is 33.2. The number of nitrogens with zero attached hydrogens (tertiary/aromatic N) is 4. The number of aryl methyl sites for hydroxylation is 1. The summed E-state index contributed by atoms with van der Waals surface area (Å²) in [6.45, 7) is 3.87. The van der Waals surface area contributed by atoms with Crippen molar-refractivity contribution in [1.29, 1.82) is 0 Å². The third-order valence-corrected chi connectivity index (χ3v) is 4.68. The van der Waals surface area contributed by atoms with Gasteiger partial charge in [0, 0.05) is 6.54 Å². The van der Waals surface area contributed by atoms with Gasteiger partial charge in [0.15, 0.2) is 12.4 Å². The molecule has 1 atom stereocenters. The van der Waals surface area contributed by atoms with Gasteiger partial charge in [-0.05, 0) is 35.9 Å². The third-order valence-electron chi connectivity index (χ3n) is 3.12. The van der Waals surface area contributed by atoms with Crippen molar-refractivity contribution in [2.75, 3.05) is 0 Å². The number of carbonyl (C=O) groups is 1. The lowest BCUT2D eigenvalue weighted by molar-refractivity contribution is -0.146. The van der Waals surface area contributed by atoms with Gasteiger partial charge in [0.05, 0.1) is 4.90 Å². The van der Waals surface area contributed by atoms with E-state index in [9.17, 15) is 13.2 Å². The molecule has 0 saturated carbocycles. The lowest BCUT2D eigenvalue weighted by Gasteiger charge is -2.13. The summed E-state index contributed by atoms with van der Waals surface area (Å²) in [5, 5.41) is 11.1. The van der Waals surface area contributed by atoms with Gasteiger partial charge >= 0.3 is 5.97 Å². The number of carbonyl (C=O) groups excluding carboxylic acids is 1. The highest BCUT2D eigenvalue weighted by Gasteiger charge is 2.23. The van der Waals surface area contributed by atoms with Crippen molar-refractivity contribution in [3.05, 3.63) is 36.2 Å². The van der Waals surface area contributed by atoms with E-state index in [0.29, 0.717) is 12.4 Å². The molecule has 0 radical (unpaired) electrons. The minimum absolute atomic E-state index is 0.0801. The van der Waals surface area contributed by atoms with Gasteiger partial charge in [-0.3, -0.25) is 4.79 Å². The van der Waals surface area contributed by atoms with Gasteiger partial charge in [-0.2, -0.15) is 4.72 Å². The fraction of sp³-hybridized carbons (Fsp3) is 0.429. The number of ether oxygens (including phenoxy) is 1. The average molecular weight is 353 g/mol. The van der Waals surface area contributed by atoms with Crippen LogP contribution in [-0.4, -0.2) is 40.6 Å². The molecule has 0 saturated heterocycles. The first kappa shape index (κ1) is 18.0. The molecular formula is C14H19N5O4S. The van der Waals surface area contributed by atoms with E-state index in [-0.39, 0.29) is 11.5 Å². The smallest absolute Gasteiger partial charge is 0.324 e. The van der Waals surface area contributed by atoms with Crippen LogP contribution in [0.4, 0.5) is 0 Å². The van der Waals surface area contributed by atoms with E-state index in [1.165, 1.54) is 23.7 Å². The maximum atomic E-state index is 12.2. The van der Waals surface area contributed by atoms with Gasteiger partial charge in [0.2, 0.25) is 10.0 Å². The number of hydrogen-bond acceptors (Lipinski definition) is 7. The number of tetrazole rings is 1. The van der Waals surface area contributed by atoms with E-state index < -0.39 is 22.0 Å². The Kier molecular flexibility index (Phi) is 5.99. The first-order valence-electron chi connectivity index (χ1n) is 7.43. The van der Waals surface area contributed by atoms with E-state index in [1.807, 2.05) is 6.92 Å². The van der Waals surface area contributed by atoms with Gasteiger partial charge in [0.25, 0.3) is 0 Å². The van der Waals surface area contributed by atoms with E-state index in [0.717, 1.165) is 6.42 Å². The Morgan fingerprint density at radius 3 is 2.71 bits per heavy atom. The van der Waals surface area contributed by atoms with E-state index in [4.69, 9.17) is 4.74 Å². The summed E-state index contributed by atoms with van der Waals surface area (Å²) in [5.74, 6) is -0.302. The van der Waals surface area contributed by atoms with Crippen LogP contribution in [0, 0.1) is 0 Å². The normalized spacial score (nSPS) is 12.8. The molecule has 0 fully saturated rings. The standard InChI is InChI=1S/C14H19N5O4S/c1-3-9-19-13(15-17-18-19)10-23-14(20)11(2)16-24(21,22)12-7-5-4-6-8-12/h4-8,11,16H,3,9-10H2,1-2H3/t11-/m0/s1. The van der Waals surface area contributed by atoms with E-state index >= 15 is 0 Å². The molecule has 0 amide bonds. The van der Waals surface area contributed by atoms with Crippen molar-refractivity contribution < 1.29 is 17.9 Å². The summed E-state index contributed by atoms with van der Waals surface area (Å²) in [5.41, 5.74) is 0. The zero-order chi connectivity index (χ0) is 17.6. The lowest BCUT2D eigenvalue weighted by atomic mass is 10.4. The highest BCUT2D eigenvalue weighted by molar-refractivity contribution is 7.89. The molecule has 1 heterocycles. The Balaban J connectivity index is 1.94. The molecule has 2 rings (SSSR count). The minimum atomic E-state index is -3.79. The van der Waals surface area contributed by atoms with E-state index in [2.05, 4.69) is 20.2 Å². The molecule has 130 valence electrons. The van der Waals surface area contributed by atoms with Crippen molar-refractivity contribution in [3.8, 4) is 0 Å². The molecule has 0 unspecified atom stereocenters. The first-order chi connectivity index (χ1) is 11.4. The zero-order valence-electron chi connectivity index (χ0n) is 13.4. The monoisotopic (exact) mass is 353 g/mol. The van der Waals surface area contributed by atoms with Crippen LogP contribution < -0.4 is 4.72 Å². The zero-order valence-corrected chi connectivity index (χ0v) is 14.2. The Labute approximate surface area is 140 Å². The average Bonchev–Trinajstić information content (AvgIpc) is 3.00. The van der Waals surface area contributed by atoms with Crippen LogP contribution in [0.1, 0.15) is 26.1 Å². The predicted molar refractivity (Wildman–Crippen MR) is 84.1 cm³/mol. The van der Waals surface area contributed by atoms with Crippen LogP contribution >= 0.6 is 0 Å². The number of hydrogen-bond donors (Lipinski definition) is 1. The van der Waals surface area contributed by atoms with Gasteiger partial charge in [-0.1, -0.05) is 25.1 Å². The molecule has 10 heteroatoms. The lowest BCUT2D eigenvalue weighted by Crippen LogP contribution is -2.39. The summed E-state index contributed by atoms with van der Waals surface area (Å²) in [6.07, 6.45) is 0.833. The molecule has 0 aliphatic rings. The summed E-state index contributed by atoms with van der Waals surface area (Å²) in [4.78, 5) is 12.1. The van der Waals surface area contributed by atoms with Gasteiger partial charge in [-0.25, -0.2) is 13.1 Å². The molecule has 0 aliphatic heterocycles. The fourth-order valence-electron chi connectivity index (χ4n) is 1.92. The van der Waals surface area contributed by atoms with Crippen molar-refractivity contribution in [2.45, 2.75) is 44.4 Å². The molecule has 0 aliphatic carbocycles. The molecule has 24 heavy (non-hydrogen) atoms. The second-order valence-corrected chi connectivity index (χ2v) is 6.80. The van der Waals surface area contributed by atoms with Crippen molar-refractivity contribution in [1.82, 2.24) is 24.9 Å². The number of aromatic nitrogens is 4. The predicted octanol–water partition coefficient (Wildman–Crippen LogP) is 0.493. The Bertz CT molecular complexity index is 775. The number of benzene rings is 1. The van der Waals surface area contributed by atoms with Crippen LogP contribution in [0.15, 0.2) is 35.2 Å². The van der Waals surface area contributed by atoms with E-state index in [1.54, 1.807) is 18.2 Å². The first-order valence-corrected chi connectivity index (χ1v) is 8.91. The van der Waals surface area contributed by atoms with Crippen molar-refractivity contribution >= 4 is 16.0 Å². The Hall–Kier alpha value is -2.33. The maximum Gasteiger partial charge on any atom is 0.324 e. The number of rotatable bonds is 8. The van der Waals surface area contributed by atoms with Crippen LogP contribution in [0.3, 0.4) is 0 Å². The highest BCUT2D eigenvalue weighted by atomic mass is 32.2. The van der Waals surface area contributed by atoms with Gasteiger partial charge in [0.1, 0.15) is 6.04 Å². The highest BCUT2D eigenvalue weighted by Crippen LogP contribution is 2.08. The van der Waals surface area contributed by atoms with Crippen LogP contribution in [0.25, 0.3) is 0 Å². The second-order valence-electron chi connectivity index (χ2n) is 5.08. The summed E-state index contributed by atoms with van der Waals surface area (Å²) in [7, 11) is -3.79.